The van der Waals surface area contributed by atoms with Gasteiger partial charge in [0.1, 0.15) is 5.78 Å². The Hall–Kier alpha value is -1.15. The Morgan fingerprint density at radius 3 is 2.40 bits per heavy atom. The van der Waals surface area contributed by atoms with Gasteiger partial charge in [0.15, 0.2) is 0 Å². The first-order chi connectivity index (χ1) is 7.09. The second-order valence-electron chi connectivity index (χ2n) is 4.36. The average Bonchev–Trinajstić information content (AvgIpc) is 2.18. The highest BCUT2D eigenvalue weighted by Gasteiger charge is 2.14. The number of rotatable bonds is 5. The summed E-state index contributed by atoms with van der Waals surface area (Å²) in [6.07, 6.45) is 1.22. The molecule has 0 radical (unpaired) electrons. The molecule has 0 aliphatic rings. The topological polar surface area (TPSA) is 43.1 Å². The fourth-order valence-electron chi connectivity index (χ4n) is 1.54. The molecule has 0 aliphatic heterocycles. The first-order valence-electron chi connectivity index (χ1n) is 5.42. The standard InChI is InChI=1S/C13H19NO/c1-10(2)8-13(15)12(14)9-11-6-4-3-5-7-11/h3-7,10,12H,8-9,14H2,1-2H3/t12-/m1/s1. The Morgan fingerprint density at radius 2 is 1.87 bits per heavy atom. The van der Waals surface area contributed by atoms with Crippen molar-refractivity contribution in [2.45, 2.75) is 32.7 Å². The summed E-state index contributed by atoms with van der Waals surface area (Å²) in [7, 11) is 0. The van der Waals surface area contributed by atoms with Gasteiger partial charge in [0.25, 0.3) is 0 Å². The lowest BCUT2D eigenvalue weighted by atomic mass is 9.97. The van der Waals surface area contributed by atoms with Crippen molar-refractivity contribution in [2.24, 2.45) is 11.7 Å². The predicted molar refractivity (Wildman–Crippen MR) is 62.6 cm³/mol. The summed E-state index contributed by atoms with van der Waals surface area (Å²) >= 11 is 0. The van der Waals surface area contributed by atoms with Gasteiger partial charge < -0.3 is 5.73 Å². The van der Waals surface area contributed by atoms with Crippen LogP contribution in [-0.4, -0.2) is 11.8 Å². The van der Waals surface area contributed by atoms with Gasteiger partial charge in [0.2, 0.25) is 0 Å². The highest BCUT2D eigenvalue weighted by Crippen LogP contribution is 2.07. The number of hydrogen-bond acceptors (Lipinski definition) is 2. The Kier molecular flexibility index (Phi) is 4.50. The van der Waals surface area contributed by atoms with Gasteiger partial charge in [0, 0.05) is 6.42 Å². The summed E-state index contributed by atoms with van der Waals surface area (Å²) in [4.78, 5) is 11.6. The van der Waals surface area contributed by atoms with Gasteiger partial charge in [-0.25, -0.2) is 0 Å². The van der Waals surface area contributed by atoms with Crippen LogP contribution in [0.3, 0.4) is 0 Å². The monoisotopic (exact) mass is 205 g/mol. The zero-order valence-electron chi connectivity index (χ0n) is 9.44. The molecule has 1 rings (SSSR count). The molecule has 0 spiro atoms. The van der Waals surface area contributed by atoms with Crippen LogP contribution in [0.2, 0.25) is 0 Å². The van der Waals surface area contributed by atoms with E-state index in [1.807, 2.05) is 44.2 Å². The highest BCUT2D eigenvalue weighted by molar-refractivity contribution is 5.84. The van der Waals surface area contributed by atoms with Crippen LogP contribution >= 0.6 is 0 Å². The molecule has 0 saturated carbocycles. The van der Waals surface area contributed by atoms with Crippen LogP contribution in [-0.2, 0) is 11.2 Å². The van der Waals surface area contributed by atoms with Crippen molar-refractivity contribution < 1.29 is 4.79 Å². The largest absolute Gasteiger partial charge is 0.321 e. The molecule has 82 valence electrons. The van der Waals surface area contributed by atoms with Gasteiger partial charge in [-0.3, -0.25) is 4.79 Å². The zero-order valence-corrected chi connectivity index (χ0v) is 9.44. The van der Waals surface area contributed by atoms with Crippen LogP contribution < -0.4 is 5.73 Å². The van der Waals surface area contributed by atoms with Gasteiger partial charge in [-0.2, -0.15) is 0 Å². The van der Waals surface area contributed by atoms with E-state index in [2.05, 4.69) is 0 Å². The maximum Gasteiger partial charge on any atom is 0.150 e. The number of nitrogens with two attached hydrogens (primary N) is 1. The van der Waals surface area contributed by atoms with Crippen molar-refractivity contribution >= 4 is 5.78 Å². The second-order valence-corrected chi connectivity index (χ2v) is 4.36. The second kappa shape index (κ2) is 5.66. The number of ketones is 1. The van der Waals surface area contributed by atoms with E-state index in [0.717, 1.165) is 5.56 Å². The lowest BCUT2D eigenvalue weighted by molar-refractivity contribution is -0.120. The molecule has 1 aromatic rings. The van der Waals surface area contributed by atoms with Crippen molar-refractivity contribution in [2.75, 3.05) is 0 Å². The third-order valence-electron chi connectivity index (χ3n) is 2.32. The van der Waals surface area contributed by atoms with Gasteiger partial charge in [-0.15, -0.1) is 0 Å². The van der Waals surface area contributed by atoms with Crippen molar-refractivity contribution in [3.63, 3.8) is 0 Å². The Labute approximate surface area is 91.5 Å². The van der Waals surface area contributed by atoms with Crippen LogP contribution in [0.25, 0.3) is 0 Å². The van der Waals surface area contributed by atoms with Crippen molar-refractivity contribution in [3.8, 4) is 0 Å². The van der Waals surface area contributed by atoms with E-state index in [9.17, 15) is 4.79 Å². The maximum absolute atomic E-state index is 11.6. The van der Waals surface area contributed by atoms with E-state index in [-0.39, 0.29) is 11.8 Å². The van der Waals surface area contributed by atoms with Crippen LogP contribution in [0, 0.1) is 5.92 Å². The third-order valence-corrected chi connectivity index (χ3v) is 2.32. The molecule has 2 N–H and O–H groups in total. The van der Waals surface area contributed by atoms with E-state index < -0.39 is 0 Å². The molecule has 1 aromatic carbocycles. The summed E-state index contributed by atoms with van der Waals surface area (Å²) in [6, 6.07) is 9.55. The van der Waals surface area contributed by atoms with Crippen LogP contribution in [0.1, 0.15) is 25.8 Å². The number of hydrogen-bond donors (Lipinski definition) is 1. The smallest absolute Gasteiger partial charge is 0.150 e. The SMILES string of the molecule is CC(C)CC(=O)[C@H](N)Cc1ccccc1. The lowest BCUT2D eigenvalue weighted by Gasteiger charge is -2.11. The van der Waals surface area contributed by atoms with Crippen LogP contribution in [0.4, 0.5) is 0 Å². The van der Waals surface area contributed by atoms with Gasteiger partial charge >= 0.3 is 0 Å². The molecule has 0 bridgehead atoms. The number of carbonyl (C=O) groups is 1. The summed E-state index contributed by atoms with van der Waals surface area (Å²) in [5.41, 5.74) is 6.97. The average molecular weight is 205 g/mol. The third kappa shape index (κ3) is 4.26. The minimum atomic E-state index is -0.352. The predicted octanol–water partition coefficient (Wildman–Crippen LogP) is 2.17. The minimum absolute atomic E-state index is 0.161. The molecule has 15 heavy (non-hydrogen) atoms. The Bertz CT molecular complexity index is 306. The minimum Gasteiger partial charge on any atom is -0.321 e. The van der Waals surface area contributed by atoms with Gasteiger partial charge in [0.05, 0.1) is 6.04 Å². The molecule has 0 fully saturated rings. The number of benzene rings is 1. The maximum atomic E-state index is 11.6. The van der Waals surface area contributed by atoms with Crippen LogP contribution in [0.5, 0.6) is 0 Å². The molecule has 2 heteroatoms. The number of Topliss-reactive ketones (excluding diaryl/α,β-unsaturated/α-hetero) is 1. The number of carbonyl (C=O) groups excluding carboxylic acids is 1. The van der Waals surface area contributed by atoms with E-state index >= 15 is 0 Å². The first kappa shape index (κ1) is 11.9. The normalized spacial score (nSPS) is 12.8. The Morgan fingerprint density at radius 1 is 1.27 bits per heavy atom. The quantitative estimate of drug-likeness (QED) is 0.800. The lowest BCUT2D eigenvalue weighted by Crippen LogP contribution is -2.33. The molecule has 0 heterocycles. The van der Waals surface area contributed by atoms with E-state index in [1.54, 1.807) is 0 Å². The van der Waals surface area contributed by atoms with Crippen LogP contribution in [0.15, 0.2) is 30.3 Å². The van der Waals surface area contributed by atoms with E-state index in [1.165, 1.54) is 0 Å². The zero-order chi connectivity index (χ0) is 11.3. The molecule has 0 amide bonds. The Balaban J connectivity index is 2.49. The summed E-state index contributed by atoms with van der Waals surface area (Å²) in [5, 5.41) is 0. The molecular formula is C13H19NO. The molecule has 1 atom stereocenters. The fraction of sp³-hybridized carbons (Fsp3) is 0.462. The molecule has 0 aliphatic carbocycles. The molecule has 2 nitrogen and oxygen atoms in total. The fourth-order valence-corrected chi connectivity index (χ4v) is 1.54. The molecular weight excluding hydrogens is 186 g/mol. The van der Waals surface area contributed by atoms with Crippen molar-refractivity contribution in [3.05, 3.63) is 35.9 Å². The summed E-state index contributed by atoms with van der Waals surface area (Å²) in [6.45, 7) is 4.07. The van der Waals surface area contributed by atoms with E-state index in [0.29, 0.717) is 18.8 Å². The van der Waals surface area contributed by atoms with Gasteiger partial charge in [-0.1, -0.05) is 44.2 Å². The first-order valence-corrected chi connectivity index (χ1v) is 5.42. The molecule has 0 unspecified atom stereocenters. The van der Waals surface area contributed by atoms with Crippen molar-refractivity contribution in [1.82, 2.24) is 0 Å². The summed E-state index contributed by atoms with van der Waals surface area (Å²) < 4.78 is 0. The highest BCUT2D eigenvalue weighted by atomic mass is 16.1. The van der Waals surface area contributed by atoms with Crippen molar-refractivity contribution in [1.29, 1.82) is 0 Å². The van der Waals surface area contributed by atoms with E-state index in [4.69, 9.17) is 5.73 Å². The van der Waals surface area contributed by atoms with Gasteiger partial charge in [-0.05, 0) is 17.9 Å². The molecule has 0 aromatic heterocycles. The summed E-state index contributed by atoms with van der Waals surface area (Å²) in [5.74, 6) is 0.549. The molecule has 0 saturated heterocycles.